The summed E-state index contributed by atoms with van der Waals surface area (Å²) in [7, 11) is 0. The number of benzene rings is 1. The van der Waals surface area contributed by atoms with Gasteiger partial charge in [-0.15, -0.1) is 0 Å². The number of nitrogens with one attached hydrogen (secondary N) is 1. The van der Waals surface area contributed by atoms with Crippen LogP contribution in [-0.2, 0) is 0 Å². The van der Waals surface area contributed by atoms with Crippen molar-refractivity contribution in [3.63, 3.8) is 0 Å². The van der Waals surface area contributed by atoms with Crippen LogP contribution in [-0.4, -0.2) is 16.5 Å². The van der Waals surface area contributed by atoms with Crippen molar-refractivity contribution in [1.29, 1.82) is 0 Å². The molecule has 1 aromatic carbocycles. The van der Waals surface area contributed by atoms with Crippen LogP contribution in [0.25, 0.3) is 0 Å². The summed E-state index contributed by atoms with van der Waals surface area (Å²) in [5.74, 6) is 1.19. The van der Waals surface area contributed by atoms with Gasteiger partial charge in [0, 0.05) is 15.8 Å². The van der Waals surface area contributed by atoms with Gasteiger partial charge in [-0.3, -0.25) is 4.99 Å². The molecular formula is C16H21BrN2S. The van der Waals surface area contributed by atoms with Crippen LogP contribution in [0.1, 0.15) is 50.6 Å². The summed E-state index contributed by atoms with van der Waals surface area (Å²) in [6.07, 6.45) is 6.75. The second-order valence-corrected chi connectivity index (χ2v) is 7.80. The molecule has 1 atom stereocenters. The molecule has 1 aliphatic heterocycles. The molecule has 3 rings (SSSR count). The number of hydrogen-bond acceptors (Lipinski definition) is 2. The van der Waals surface area contributed by atoms with Gasteiger partial charge in [0.05, 0.1) is 6.04 Å². The topological polar surface area (TPSA) is 24.4 Å². The van der Waals surface area contributed by atoms with E-state index < -0.39 is 0 Å². The molecule has 0 aromatic heterocycles. The standard InChI is InChI=1S/C16H21BrN2S/c1-12(13-5-7-14(17)8-6-13)18-15-19-16(11-20-15)9-3-2-4-10-16/h5-8,12H,2-4,9-11H2,1H3,(H,18,19). The lowest BCUT2D eigenvalue weighted by atomic mass is 9.83. The maximum Gasteiger partial charge on any atom is 0.157 e. The fourth-order valence-electron chi connectivity index (χ4n) is 3.06. The van der Waals surface area contributed by atoms with Crippen LogP contribution >= 0.6 is 27.7 Å². The predicted octanol–water partition coefficient (Wildman–Crippen LogP) is 4.91. The monoisotopic (exact) mass is 352 g/mol. The molecule has 1 aliphatic carbocycles. The second kappa shape index (κ2) is 6.10. The first-order chi connectivity index (χ1) is 9.67. The van der Waals surface area contributed by atoms with Crippen LogP contribution in [0.3, 0.4) is 0 Å². The van der Waals surface area contributed by atoms with Crippen molar-refractivity contribution >= 4 is 32.9 Å². The molecule has 20 heavy (non-hydrogen) atoms. The fraction of sp³-hybridized carbons (Fsp3) is 0.562. The highest BCUT2D eigenvalue weighted by molar-refractivity contribution is 9.10. The lowest BCUT2D eigenvalue weighted by molar-refractivity contribution is 0.303. The number of rotatable bonds is 2. The van der Waals surface area contributed by atoms with E-state index in [0.717, 1.165) is 9.64 Å². The number of amidine groups is 1. The van der Waals surface area contributed by atoms with Crippen molar-refractivity contribution in [2.45, 2.75) is 50.6 Å². The third kappa shape index (κ3) is 3.22. The third-order valence-corrected chi connectivity index (χ3v) is 6.04. The van der Waals surface area contributed by atoms with Crippen LogP contribution in [0.2, 0.25) is 0 Å². The predicted molar refractivity (Wildman–Crippen MR) is 91.4 cm³/mol. The zero-order chi connectivity index (χ0) is 14.0. The number of halogens is 1. The van der Waals surface area contributed by atoms with E-state index in [-0.39, 0.29) is 6.04 Å². The summed E-state index contributed by atoms with van der Waals surface area (Å²) >= 11 is 5.38. The van der Waals surface area contributed by atoms with Gasteiger partial charge in [-0.2, -0.15) is 0 Å². The van der Waals surface area contributed by atoms with E-state index >= 15 is 0 Å². The number of nitrogens with zero attached hydrogens (tertiary/aromatic N) is 1. The Morgan fingerprint density at radius 3 is 2.60 bits per heavy atom. The summed E-state index contributed by atoms with van der Waals surface area (Å²) < 4.78 is 1.12. The van der Waals surface area contributed by atoms with Crippen LogP contribution in [0, 0.1) is 0 Å². The van der Waals surface area contributed by atoms with Gasteiger partial charge in [-0.05, 0) is 37.5 Å². The largest absolute Gasteiger partial charge is 0.359 e. The lowest BCUT2D eigenvalue weighted by Gasteiger charge is -2.32. The molecule has 1 saturated carbocycles. The van der Waals surface area contributed by atoms with E-state index in [1.54, 1.807) is 0 Å². The summed E-state index contributed by atoms with van der Waals surface area (Å²) in [6, 6.07) is 8.69. The van der Waals surface area contributed by atoms with E-state index in [4.69, 9.17) is 4.99 Å². The van der Waals surface area contributed by atoms with Gasteiger partial charge in [0.15, 0.2) is 5.17 Å². The Hall–Kier alpha value is -0.480. The number of thioether (sulfide) groups is 1. The molecule has 108 valence electrons. The molecule has 0 bridgehead atoms. The molecule has 2 aliphatic rings. The van der Waals surface area contributed by atoms with Crippen molar-refractivity contribution in [3.05, 3.63) is 34.3 Å². The van der Waals surface area contributed by atoms with E-state index in [1.807, 2.05) is 11.8 Å². The molecule has 0 radical (unpaired) electrons. The molecule has 1 spiro atoms. The van der Waals surface area contributed by atoms with Crippen molar-refractivity contribution in [2.24, 2.45) is 4.99 Å². The van der Waals surface area contributed by atoms with Crippen molar-refractivity contribution in [2.75, 3.05) is 5.75 Å². The zero-order valence-electron chi connectivity index (χ0n) is 11.9. The van der Waals surface area contributed by atoms with Crippen molar-refractivity contribution in [1.82, 2.24) is 5.32 Å². The van der Waals surface area contributed by atoms with E-state index in [0.29, 0.717) is 5.54 Å². The van der Waals surface area contributed by atoms with Gasteiger partial charge in [0.1, 0.15) is 0 Å². The Labute approximate surface area is 134 Å². The van der Waals surface area contributed by atoms with E-state index in [1.165, 1.54) is 43.4 Å². The minimum atomic E-state index is 0.219. The molecule has 1 unspecified atom stereocenters. The summed E-state index contributed by atoms with van der Waals surface area (Å²) in [6.45, 7) is 2.17. The molecule has 4 heteroatoms. The lowest BCUT2D eigenvalue weighted by Crippen LogP contribution is -2.45. The quantitative estimate of drug-likeness (QED) is 0.817. The number of hydrogen-bond donors (Lipinski definition) is 1. The van der Waals surface area contributed by atoms with Crippen molar-refractivity contribution < 1.29 is 0 Å². The van der Waals surface area contributed by atoms with Crippen LogP contribution in [0.15, 0.2) is 33.7 Å². The van der Waals surface area contributed by atoms with Crippen LogP contribution in [0.5, 0.6) is 0 Å². The summed E-state index contributed by atoms with van der Waals surface area (Å²) in [5.41, 5.74) is 1.62. The molecule has 2 nitrogen and oxygen atoms in total. The summed E-state index contributed by atoms with van der Waals surface area (Å²) in [4.78, 5) is 4.88. The highest BCUT2D eigenvalue weighted by Crippen LogP contribution is 2.36. The SMILES string of the molecule is CC(N=C1NC2(CCCCC2)CS1)c1ccc(Br)cc1. The first kappa shape index (κ1) is 14.5. The Morgan fingerprint density at radius 1 is 1.20 bits per heavy atom. The highest BCUT2D eigenvalue weighted by Gasteiger charge is 2.38. The number of aliphatic imine (C=N–C) groups is 1. The van der Waals surface area contributed by atoms with E-state index in [9.17, 15) is 0 Å². The van der Waals surface area contributed by atoms with Crippen LogP contribution < -0.4 is 5.32 Å². The third-order valence-electron chi connectivity index (χ3n) is 4.33. The Balaban J connectivity index is 1.68. The van der Waals surface area contributed by atoms with Gasteiger partial charge in [0.2, 0.25) is 0 Å². The molecular weight excluding hydrogens is 332 g/mol. The Bertz CT molecular complexity index is 492. The smallest absolute Gasteiger partial charge is 0.157 e. The molecule has 1 saturated heterocycles. The zero-order valence-corrected chi connectivity index (χ0v) is 14.3. The first-order valence-electron chi connectivity index (χ1n) is 7.41. The maximum atomic E-state index is 4.88. The van der Waals surface area contributed by atoms with E-state index in [2.05, 4.69) is 52.4 Å². The van der Waals surface area contributed by atoms with Crippen molar-refractivity contribution in [3.8, 4) is 0 Å². The van der Waals surface area contributed by atoms with Gasteiger partial charge in [-0.25, -0.2) is 0 Å². The molecule has 1 heterocycles. The Kier molecular flexibility index (Phi) is 4.41. The molecule has 2 fully saturated rings. The summed E-state index contributed by atoms with van der Waals surface area (Å²) in [5, 5.41) is 4.86. The molecule has 0 amide bonds. The fourth-order valence-corrected chi connectivity index (χ4v) is 4.62. The molecule has 1 aromatic rings. The van der Waals surface area contributed by atoms with Gasteiger partial charge in [0.25, 0.3) is 0 Å². The van der Waals surface area contributed by atoms with Gasteiger partial charge in [-0.1, -0.05) is 59.1 Å². The Morgan fingerprint density at radius 2 is 1.90 bits per heavy atom. The minimum Gasteiger partial charge on any atom is -0.359 e. The first-order valence-corrected chi connectivity index (χ1v) is 9.19. The minimum absolute atomic E-state index is 0.219. The molecule has 1 N–H and O–H groups in total. The maximum absolute atomic E-state index is 4.88. The highest BCUT2D eigenvalue weighted by atomic mass is 79.9. The van der Waals surface area contributed by atoms with Crippen LogP contribution in [0.4, 0.5) is 0 Å². The second-order valence-electron chi connectivity index (χ2n) is 5.92. The van der Waals surface area contributed by atoms with Gasteiger partial charge < -0.3 is 5.32 Å². The average Bonchev–Trinajstić information content (AvgIpc) is 2.83. The van der Waals surface area contributed by atoms with Gasteiger partial charge >= 0.3 is 0 Å². The average molecular weight is 353 g/mol. The normalized spacial score (nSPS) is 24.8.